The number of ketones is 1. The smallest absolute Gasteiger partial charge is 0.274 e. The van der Waals surface area contributed by atoms with E-state index in [1.807, 2.05) is 39.8 Å². The number of nitrogens with one attached hydrogen (secondary N) is 2. The molecule has 0 radical (unpaired) electrons. The Bertz CT molecular complexity index is 2470. The van der Waals surface area contributed by atoms with Crippen LogP contribution in [0.2, 0.25) is 0 Å². The molecule has 1 unspecified atom stereocenters. The quantitative estimate of drug-likeness (QED) is 0.0916. The van der Waals surface area contributed by atoms with E-state index in [2.05, 4.69) is 28.8 Å². The Morgan fingerprint density at radius 2 is 1.64 bits per heavy atom. The van der Waals surface area contributed by atoms with Crippen LogP contribution in [-0.4, -0.2) is 109 Å². The molecule has 322 valence electrons. The van der Waals surface area contributed by atoms with Crippen LogP contribution < -0.4 is 10.0 Å². The van der Waals surface area contributed by atoms with Crippen LogP contribution in [-0.2, 0) is 34.3 Å². The van der Waals surface area contributed by atoms with E-state index in [0.717, 1.165) is 68.3 Å². The summed E-state index contributed by atoms with van der Waals surface area (Å²) in [5.74, 6) is -1.08. The van der Waals surface area contributed by atoms with Crippen LogP contribution in [0.3, 0.4) is 0 Å². The number of sulfonamides is 1. The number of aliphatic hydroxyl groups is 1. The molecule has 14 heteroatoms. The number of hydrogen-bond acceptors (Lipinski definition) is 10. The normalized spacial score (nSPS) is 15.7. The van der Waals surface area contributed by atoms with Gasteiger partial charge in [-0.2, -0.15) is 0 Å². The van der Waals surface area contributed by atoms with E-state index in [4.69, 9.17) is 9.72 Å². The molecule has 0 saturated carbocycles. The summed E-state index contributed by atoms with van der Waals surface area (Å²) in [6.07, 6.45) is 6.51. The number of benzene rings is 4. The van der Waals surface area contributed by atoms with Crippen LogP contribution >= 0.6 is 0 Å². The lowest BCUT2D eigenvalue weighted by Crippen LogP contribution is -2.39. The van der Waals surface area contributed by atoms with Gasteiger partial charge in [0.25, 0.3) is 21.8 Å². The van der Waals surface area contributed by atoms with Crippen molar-refractivity contribution in [3.63, 3.8) is 0 Å². The first kappa shape index (κ1) is 43.8. The van der Waals surface area contributed by atoms with Crippen molar-refractivity contribution in [3.05, 3.63) is 119 Å². The Morgan fingerprint density at radius 1 is 0.885 bits per heavy atom. The zero-order valence-electron chi connectivity index (χ0n) is 35.1. The molecule has 0 bridgehead atoms. The second kappa shape index (κ2) is 20.1. The standard InChI is InChI=1S/C47H56N6O7S/c1-3-5-20-52(21-6-4-2)47(57)43-31-53(22-10-19-51-23-25-60-26-24-51)45(49-43)40-18-16-35(46(56)50-61(58,59)38-17-15-33-11-7-8-12-34(33)27-38)28-42(40)44(55)39-14-9-13-36-30-48-37(32-54)29-41(36)39/h7-9,11-18,27-28,31,37,48,54H,3-6,10,19-26,29-30,32H2,1-2H3,(H,50,56). The minimum Gasteiger partial charge on any atom is -0.395 e. The summed E-state index contributed by atoms with van der Waals surface area (Å²) in [4.78, 5) is 52.3. The molecule has 5 aromatic rings. The Labute approximate surface area is 358 Å². The molecular weight excluding hydrogens is 793 g/mol. The fraction of sp³-hybridized carbons (Fsp3) is 0.404. The van der Waals surface area contributed by atoms with Crippen molar-refractivity contribution in [2.24, 2.45) is 0 Å². The lowest BCUT2D eigenvalue weighted by molar-refractivity contribution is 0.0369. The number of unbranched alkanes of at least 4 members (excludes halogenated alkanes) is 2. The molecule has 2 amide bonds. The molecule has 1 fully saturated rings. The van der Waals surface area contributed by atoms with E-state index in [1.165, 1.54) is 24.3 Å². The van der Waals surface area contributed by atoms with Gasteiger partial charge in [-0.3, -0.25) is 19.3 Å². The molecule has 1 saturated heterocycles. The topological polar surface area (TPSA) is 163 Å². The van der Waals surface area contributed by atoms with Crippen LogP contribution in [0.15, 0.2) is 90.0 Å². The molecule has 13 nitrogen and oxygen atoms in total. The summed E-state index contributed by atoms with van der Waals surface area (Å²) in [5.41, 5.74) is 2.89. The summed E-state index contributed by atoms with van der Waals surface area (Å²) in [6.45, 7) is 10.1. The number of hydrogen-bond donors (Lipinski definition) is 3. The van der Waals surface area contributed by atoms with Crippen molar-refractivity contribution in [2.75, 3.05) is 52.5 Å². The van der Waals surface area contributed by atoms with Crippen LogP contribution in [0.4, 0.5) is 0 Å². The molecule has 2 aliphatic heterocycles. The number of carbonyl (C=O) groups excluding carboxylic acids is 3. The second-order valence-electron chi connectivity index (χ2n) is 15.9. The highest BCUT2D eigenvalue weighted by Gasteiger charge is 2.29. The van der Waals surface area contributed by atoms with Crippen molar-refractivity contribution in [1.82, 2.24) is 29.4 Å². The number of aryl methyl sites for hydroxylation is 1. The van der Waals surface area contributed by atoms with Crippen LogP contribution in [0.5, 0.6) is 0 Å². The average molecular weight is 849 g/mol. The Balaban J connectivity index is 1.31. The van der Waals surface area contributed by atoms with Gasteiger partial charge in [-0.05, 0) is 77.9 Å². The minimum atomic E-state index is -4.31. The number of nitrogens with zero attached hydrogens (tertiary/aromatic N) is 4. The summed E-state index contributed by atoms with van der Waals surface area (Å²) >= 11 is 0. The van der Waals surface area contributed by atoms with E-state index in [0.29, 0.717) is 68.2 Å². The summed E-state index contributed by atoms with van der Waals surface area (Å²) in [6, 6.07) is 21.8. The number of rotatable bonds is 18. The van der Waals surface area contributed by atoms with E-state index in [9.17, 15) is 23.1 Å². The molecule has 4 aromatic carbocycles. The van der Waals surface area contributed by atoms with Gasteiger partial charge in [0, 0.05) is 80.3 Å². The highest BCUT2D eigenvalue weighted by Crippen LogP contribution is 2.31. The average Bonchev–Trinajstić information content (AvgIpc) is 3.71. The van der Waals surface area contributed by atoms with Crippen molar-refractivity contribution in [1.29, 1.82) is 0 Å². The van der Waals surface area contributed by atoms with E-state index in [-0.39, 0.29) is 46.1 Å². The van der Waals surface area contributed by atoms with Crippen molar-refractivity contribution < 1.29 is 32.6 Å². The second-order valence-corrected chi connectivity index (χ2v) is 17.6. The number of ether oxygens (including phenoxy) is 1. The number of amides is 2. The van der Waals surface area contributed by atoms with E-state index >= 15 is 4.79 Å². The number of carbonyl (C=O) groups is 3. The molecule has 0 aliphatic carbocycles. The number of imidazole rings is 1. The van der Waals surface area contributed by atoms with Crippen LogP contribution in [0.1, 0.15) is 93.8 Å². The summed E-state index contributed by atoms with van der Waals surface area (Å²) < 4.78 is 37.0. The molecule has 3 N–H and O–H groups in total. The van der Waals surface area contributed by atoms with Crippen LogP contribution in [0, 0.1) is 0 Å². The maximum atomic E-state index is 15.1. The lowest BCUT2D eigenvalue weighted by Gasteiger charge is -2.27. The maximum absolute atomic E-state index is 15.1. The molecule has 7 rings (SSSR count). The Hall–Kier alpha value is -5.25. The van der Waals surface area contributed by atoms with E-state index in [1.54, 1.807) is 30.5 Å². The monoisotopic (exact) mass is 848 g/mol. The van der Waals surface area contributed by atoms with Gasteiger partial charge in [0.15, 0.2) is 5.78 Å². The first-order valence-electron chi connectivity index (χ1n) is 21.5. The molecular formula is C47H56N6O7S. The zero-order chi connectivity index (χ0) is 42.9. The van der Waals surface area contributed by atoms with Gasteiger partial charge in [-0.1, -0.05) is 75.2 Å². The lowest BCUT2D eigenvalue weighted by atomic mass is 9.86. The molecule has 0 spiro atoms. The highest BCUT2D eigenvalue weighted by atomic mass is 32.2. The first-order chi connectivity index (χ1) is 29.6. The Morgan fingerprint density at radius 3 is 2.38 bits per heavy atom. The molecule has 3 heterocycles. The SMILES string of the molecule is CCCCN(CCCC)C(=O)c1cn(CCCN2CCOCC2)c(-c2ccc(C(=O)NS(=O)(=O)c3ccc4ccccc4c3)cc2C(=O)c2cccc3c2CC(CO)NC3)n1. The predicted octanol–water partition coefficient (Wildman–Crippen LogP) is 5.82. The summed E-state index contributed by atoms with van der Waals surface area (Å²) in [7, 11) is -4.31. The van der Waals surface area contributed by atoms with Gasteiger partial charge in [0.05, 0.1) is 24.7 Å². The zero-order valence-corrected chi connectivity index (χ0v) is 35.9. The maximum Gasteiger partial charge on any atom is 0.274 e. The number of morpholine rings is 1. The largest absolute Gasteiger partial charge is 0.395 e. The fourth-order valence-corrected chi connectivity index (χ4v) is 9.12. The third kappa shape index (κ3) is 10.3. The van der Waals surface area contributed by atoms with Gasteiger partial charge in [-0.25, -0.2) is 18.1 Å². The number of aliphatic hydroxyl groups excluding tert-OH is 1. The van der Waals surface area contributed by atoms with Gasteiger partial charge in [0.2, 0.25) is 0 Å². The van der Waals surface area contributed by atoms with Gasteiger partial charge in [0.1, 0.15) is 11.5 Å². The third-order valence-electron chi connectivity index (χ3n) is 11.6. The number of aromatic nitrogens is 2. The van der Waals surface area contributed by atoms with Crippen molar-refractivity contribution >= 4 is 38.4 Å². The van der Waals surface area contributed by atoms with E-state index < -0.39 is 15.9 Å². The van der Waals surface area contributed by atoms with Gasteiger partial charge < -0.3 is 24.6 Å². The Kier molecular flexibility index (Phi) is 14.4. The predicted molar refractivity (Wildman–Crippen MR) is 235 cm³/mol. The molecule has 1 aromatic heterocycles. The van der Waals surface area contributed by atoms with Crippen LogP contribution in [0.25, 0.3) is 22.2 Å². The van der Waals surface area contributed by atoms with Crippen molar-refractivity contribution in [3.8, 4) is 11.4 Å². The fourth-order valence-electron chi connectivity index (χ4n) is 8.11. The third-order valence-corrected chi connectivity index (χ3v) is 12.9. The first-order valence-corrected chi connectivity index (χ1v) is 22.9. The van der Waals surface area contributed by atoms with Gasteiger partial charge >= 0.3 is 0 Å². The number of fused-ring (bicyclic) bond motifs is 2. The molecule has 2 aliphatic rings. The van der Waals surface area contributed by atoms with Gasteiger partial charge in [-0.15, -0.1) is 0 Å². The molecule has 1 atom stereocenters. The highest BCUT2D eigenvalue weighted by molar-refractivity contribution is 7.90. The minimum absolute atomic E-state index is 0.0387. The van der Waals surface area contributed by atoms with Crippen molar-refractivity contribution in [2.45, 2.75) is 76.4 Å². The summed E-state index contributed by atoms with van der Waals surface area (Å²) in [5, 5.41) is 14.9. The molecule has 61 heavy (non-hydrogen) atoms.